The third-order valence-corrected chi connectivity index (χ3v) is 5.04. The van der Waals surface area contributed by atoms with Crippen molar-refractivity contribution in [1.82, 2.24) is 0 Å². The highest BCUT2D eigenvalue weighted by molar-refractivity contribution is 5.38. The van der Waals surface area contributed by atoms with E-state index in [1.54, 1.807) is 0 Å². The molecule has 0 amide bonds. The number of hydrogen-bond donors (Lipinski definition) is 1. The zero-order valence-electron chi connectivity index (χ0n) is 13.0. The molecule has 0 heterocycles. The fourth-order valence-electron chi connectivity index (χ4n) is 3.81. The van der Waals surface area contributed by atoms with E-state index in [4.69, 9.17) is 5.73 Å². The lowest BCUT2D eigenvalue weighted by molar-refractivity contribution is 0.404. The third-order valence-electron chi connectivity index (χ3n) is 5.04. The molecule has 1 saturated carbocycles. The number of rotatable bonds is 4. The lowest BCUT2D eigenvalue weighted by Gasteiger charge is -2.22. The van der Waals surface area contributed by atoms with Crippen LogP contribution in [-0.4, -0.2) is 6.04 Å². The highest BCUT2D eigenvalue weighted by Crippen LogP contribution is 2.35. The Morgan fingerprint density at radius 3 is 2.32 bits per heavy atom. The Labute approximate surface area is 118 Å². The molecule has 1 aromatic rings. The van der Waals surface area contributed by atoms with Crippen LogP contribution in [0.3, 0.4) is 0 Å². The Bertz CT molecular complexity index is 412. The maximum atomic E-state index is 6.50. The van der Waals surface area contributed by atoms with Gasteiger partial charge in [0.05, 0.1) is 0 Å². The minimum atomic E-state index is 0.344. The van der Waals surface area contributed by atoms with Crippen molar-refractivity contribution in [2.45, 2.75) is 65.8 Å². The summed E-state index contributed by atoms with van der Waals surface area (Å²) in [6.45, 7) is 8.94. The van der Waals surface area contributed by atoms with E-state index in [0.717, 1.165) is 18.3 Å². The van der Waals surface area contributed by atoms with Crippen molar-refractivity contribution in [3.63, 3.8) is 0 Å². The van der Waals surface area contributed by atoms with Crippen LogP contribution < -0.4 is 5.73 Å². The molecular formula is C18H29N. The lowest BCUT2D eigenvalue weighted by atomic mass is 9.88. The van der Waals surface area contributed by atoms with Crippen molar-refractivity contribution in [2.24, 2.45) is 17.6 Å². The van der Waals surface area contributed by atoms with Crippen molar-refractivity contribution in [2.75, 3.05) is 0 Å². The van der Waals surface area contributed by atoms with Gasteiger partial charge < -0.3 is 5.73 Å². The predicted octanol–water partition coefficient (Wildman–Crippen LogP) is 4.31. The largest absolute Gasteiger partial charge is 0.327 e. The van der Waals surface area contributed by atoms with Crippen LogP contribution in [0.2, 0.25) is 0 Å². The monoisotopic (exact) mass is 259 g/mol. The van der Waals surface area contributed by atoms with E-state index in [0.29, 0.717) is 6.04 Å². The van der Waals surface area contributed by atoms with Crippen molar-refractivity contribution >= 4 is 0 Å². The van der Waals surface area contributed by atoms with Gasteiger partial charge in [0, 0.05) is 6.04 Å². The Hall–Kier alpha value is -0.820. The molecule has 19 heavy (non-hydrogen) atoms. The second kappa shape index (κ2) is 6.09. The van der Waals surface area contributed by atoms with Gasteiger partial charge in [-0.05, 0) is 68.6 Å². The topological polar surface area (TPSA) is 26.0 Å². The quantitative estimate of drug-likeness (QED) is 0.856. The summed E-state index contributed by atoms with van der Waals surface area (Å²) >= 11 is 0. The van der Waals surface area contributed by atoms with E-state index in [-0.39, 0.29) is 0 Å². The molecule has 106 valence electrons. The summed E-state index contributed by atoms with van der Waals surface area (Å²) < 4.78 is 0. The van der Waals surface area contributed by atoms with Gasteiger partial charge in [-0.1, -0.05) is 37.5 Å². The van der Waals surface area contributed by atoms with E-state index in [1.807, 2.05) is 0 Å². The van der Waals surface area contributed by atoms with Crippen LogP contribution in [0.1, 0.15) is 54.9 Å². The highest BCUT2D eigenvalue weighted by atomic mass is 14.7. The molecule has 3 unspecified atom stereocenters. The van der Waals surface area contributed by atoms with E-state index in [9.17, 15) is 0 Å². The molecule has 2 N–H and O–H groups in total. The van der Waals surface area contributed by atoms with Crippen molar-refractivity contribution in [1.29, 1.82) is 0 Å². The van der Waals surface area contributed by atoms with Crippen LogP contribution >= 0.6 is 0 Å². The average molecular weight is 259 g/mol. The van der Waals surface area contributed by atoms with Crippen molar-refractivity contribution in [3.05, 3.63) is 34.4 Å². The summed E-state index contributed by atoms with van der Waals surface area (Å²) in [4.78, 5) is 0. The summed E-state index contributed by atoms with van der Waals surface area (Å²) in [7, 11) is 0. The Morgan fingerprint density at radius 2 is 1.79 bits per heavy atom. The van der Waals surface area contributed by atoms with Gasteiger partial charge in [-0.3, -0.25) is 0 Å². The van der Waals surface area contributed by atoms with Gasteiger partial charge in [-0.15, -0.1) is 0 Å². The first kappa shape index (κ1) is 14.6. The fraction of sp³-hybridized carbons (Fsp3) is 0.667. The molecule has 1 aliphatic rings. The van der Waals surface area contributed by atoms with Crippen LogP contribution in [0.4, 0.5) is 0 Å². The van der Waals surface area contributed by atoms with Gasteiger partial charge in [0.15, 0.2) is 0 Å². The standard InChI is InChI=1S/C18H29N/c1-5-15-6-7-16(10-15)18(19)11-17-13(3)8-12(2)9-14(17)4/h8-9,15-16,18H,5-7,10-11,19H2,1-4H3. The zero-order chi connectivity index (χ0) is 14.0. The summed E-state index contributed by atoms with van der Waals surface area (Å²) in [6, 6.07) is 4.92. The van der Waals surface area contributed by atoms with E-state index < -0.39 is 0 Å². The molecule has 3 atom stereocenters. The molecule has 1 aromatic carbocycles. The molecule has 0 saturated heterocycles. The molecule has 0 radical (unpaired) electrons. The minimum Gasteiger partial charge on any atom is -0.327 e. The second-order valence-electron chi connectivity index (χ2n) is 6.59. The Balaban J connectivity index is 2.05. The molecule has 1 nitrogen and oxygen atoms in total. The number of benzene rings is 1. The van der Waals surface area contributed by atoms with Crippen LogP contribution in [-0.2, 0) is 6.42 Å². The predicted molar refractivity (Wildman–Crippen MR) is 83.5 cm³/mol. The number of nitrogens with two attached hydrogens (primary N) is 1. The smallest absolute Gasteiger partial charge is 0.0108 e. The second-order valence-corrected chi connectivity index (χ2v) is 6.59. The average Bonchev–Trinajstić information content (AvgIpc) is 2.82. The molecule has 1 fully saturated rings. The van der Waals surface area contributed by atoms with Crippen LogP contribution in [0.15, 0.2) is 12.1 Å². The molecule has 1 aliphatic carbocycles. The van der Waals surface area contributed by atoms with E-state index in [2.05, 4.69) is 39.8 Å². The Kier molecular flexibility index (Phi) is 4.67. The summed E-state index contributed by atoms with van der Waals surface area (Å²) in [6.07, 6.45) is 6.46. The van der Waals surface area contributed by atoms with Gasteiger partial charge >= 0.3 is 0 Å². The maximum Gasteiger partial charge on any atom is 0.0108 e. The summed E-state index contributed by atoms with van der Waals surface area (Å²) in [5.41, 5.74) is 12.2. The minimum absolute atomic E-state index is 0.344. The molecule has 2 rings (SSSR count). The zero-order valence-corrected chi connectivity index (χ0v) is 13.0. The molecule has 0 bridgehead atoms. The van der Waals surface area contributed by atoms with Gasteiger partial charge in [0.1, 0.15) is 0 Å². The molecule has 0 spiro atoms. The first-order valence-electron chi connectivity index (χ1n) is 7.83. The summed E-state index contributed by atoms with van der Waals surface area (Å²) in [5.74, 6) is 1.67. The normalized spacial score (nSPS) is 24.7. The van der Waals surface area contributed by atoms with Gasteiger partial charge in [0.25, 0.3) is 0 Å². The fourth-order valence-corrected chi connectivity index (χ4v) is 3.81. The first-order chi connectivity index (χ1) is 9.01. The van der Waals surface area contributed by atoms with Crippen molar-refractivity contribution < 1.29 is 0 Å². The van der Waals surface area contributed by atoms with Gasteiger partial charge in [-0.25, -0.2) is 0 Å². The van der Waals surface area contributed by atoms with Crippen LogP contribution in [0.25, 0.3) is 0 Å². The van der Waals surface area contributed by atoms with Crippen LogP contribution in [0, 0.1) is 32.6 Å². The van der Waals surface area contributed by atoms with Gasteiger partial charge in [-0.2, -0.15) is 0 Å². The lowest BCUT2D eigenvalue weighted by Crippen LogP contribution is -2.31. The van der Waals surface area contributed by atoms with Gasteiger partial charge in [0.2, 0.25) is 0 Å². The molecule has 0 aliphatic heterocycles. The first-order valence-corrected chi connectivity index (χ1v) is 7.83. The molecular weight excluding hydrogens is 230 g/mol. The van der Waals surface area contributed by atoms with Crippen molar-refractivity contribution in [3.8, 4) is 0 Å². The maximum absolute atomic E-state index is 6.50. The Morgan fingerprint density at radius 1 is 1.16 bits per heavy atom. The SMILES string of the molecule is CCC1CCC(C(N)Cc2c(C)cc(C)cc2C)C1. The number of aryl methyl sites for hydroxylation is 3. The molecule has 1 heteroatoms. The van der Waals surface area contributed by atoms with E-state index >= 15 is 0 Å². The number of hydrogen-bond acceptors (Lipinski definition) is 1. The van der Waals surface area contributed by atoms with Crippen LogP contribution in [0.5, 0.6) is 0 Å². The van der Waals surface area contributed by atoms with E-state index in [1.165, 1.54) is 47.9 Å². The third kappa shape index (κ3) is 3.39. The molecule has 0 aromatic heterocycles. The summed E-state index contributed by atoms with van der Waals surface area (Å²) in [5, 5.41) is 0. The highest BCUT2D eigenvalue weighted by Gasteiger charge is 2.28.